The first-order valence-corrected chi connectivity index (χ1v) is 6.23. The minimum Gasteiger partial charge on any atom is -0.478 e. The van der Waals surface area contributed by atoms with Crippen LogP contribution in [0.3, 0.4) is 0 Å². The van der Waals surface area contributed by atoms with E-state index in [0.29, 0.717) is 0 Å². The number of hydrogen-bond donors (Lipinski definition) is 2. The minimum atomic E-state index is -4.03. The van der Waals surface area contributed by atoms with Gasteiger partial charge in [-0.1, -0.05) is 15.9 Å². The lowest BCUT2D eigenvalue weighted by molar-refractivity contribution is 0.0691. The molecule has 8 heteroatoms. The lowest BCUT2D eigenvalue weighted by Gasteiger charge is -2.07. The van der Waals surface area contributed by atoms with E-state index in [1.807, 2.05) is 4.72 Å². The Labute approximate surface area is 99.5 Å². The van der Waals surface area contributed by atoms with Crippen molar-refractivity contribution in [1.29, 1.82) is 0 Å². The number of carbonyl (C=O) groups is 1. The van der Waals surface area contributed by atoms with Gasteiger partial charge in [-0.3, -0.25) is 0 Å². The van der Waals surface area contributed by atoms with Crippen molar-refractivity contribution in [2.24, 2.45) is 0 Å². The first-order valence-electron chi connectivity index (χ1n) is 3.95. The van der Waals surface area contributed by atoms with Crippen LogP contribution >= 0.6 is 15.9 Å². The monoisotopic (exact) mass is 311 g/mol. The number of carboxylic acids is 1. The number of benzene rings is 1. The van der Waals surface area contributed by atoms with Crippen LogP contribution < -0.4 is 4.72 Å². The first-order chi connectivity index (χ1) is 7.29. The molecule has 0 heterocycles. The lowest BCUT2D eigenvalue weighted by Crippen LogP contribution is -2.21. The van der Waals surface area contributed by atoms with Gasteiger partial charge in [-0.05, 0) is 19.2 Å². The second-order valence-corrected chi connectivity index (χ2v) is 5.55. The molecule has 1 rings (SSSR count). The summed E-state index contributed by atoms with van der Waals surface area (Å²) < 4.78 is 38.4. The molecule has 0 atom stereocenters. The van der Waals surface area contributed by atoms with Gasteiger partial charge < -0.3 is 5.11 Å². The molecule has 2 N–H and O–H groups in total. The van der Waals surface area contributed by atoms with E-state index in [1.165, 1.54) is 0 Å². The van der Waals surface area contributed by atoms with Gasteiger partial charge in [0.1, 0.15) is 4.90 Å². The van der Waals surface area contributed by atoms with Crippen LogP contribution in [0.25, 0.3) is 0 Å². The fourth-order valence-electron chi connectivity index (χ4n) is 1.03. The van der Waals surface area contributed by atoms with Gasteiger partial charge in [-0.15, -0.1) is 0 Å². The Morgan fingerprint density at radius 2 is 2.06 bits per heavy atom. The van der Waals surface area contributed by atoms with E-state index in [0.717, 1.165) is 19.2 Å². The van der Waals surface area contributed by atoms with E-state index in [2.05, 4.69) is 15.9 Å². The quantitative estimate of drug-likeness (QED) is 0.878. The number of carboxylic acid groups (broad SMARTS) is 1. The van der Waals surface area contributed by atoms with Crippen LogP contribution in [-0.4, -0.2) is 26.5 Å². The van der Waals surface area contributed by atoms with Crippen LogP contribution in [0.2, 0.25) is 0 Å². The van der Waals surface area contributed by atoms with E-state index in [-0.39, 0.29) is 4.47 Å². The fourth-order valence-corrected chi connectivity index (χ4v) is 2.48. The van der Waals surface area contributed by atoms with Gasteiger partial charge in [0.15, 0.2) is 5.82 Å². The van der Waals surface area contributed by atoms with Gasteiger partial charge in [0.25, 0.3) is 0 Å². The first kappa shape index (κ1) is 13.1. The Hall–Kier alpha value is -0.990. The molecule has 0 aliphatic heterocycles. The summed E-state index contributed by atoms with van der Waals surface area (Å²) in [6, 6.07) is 1.99. The molecular formula is C8H7BrFNO4S. The molecule has 0 aliphatic carbocycles. The molecule has 0 aromatic heterocycles. The summed E-state index contributed by atoms with van der Waals surface area (Å²) in [5.41, 5.74) is -0.705. The summed E-state index contributed by atoms with van der Waals surface area (Å²) in [4.78, 5) is 9.96. The van der Waals surface area contributed by atoms with Gasteiger partial charge in [-0.25, -0.2) is 22.3 Å². The molecule has 0 unspecified atom stereocenters. The number of rotatable bonds is 3. The summed E-state index contributed by atoms with van der Waals surface area (Å²) in [6.07, 6.45) is 0. The third-order valence-corrected chi connectivity index (χ3v) is 3.66. The Balaban J connectivity index is 3.60. The van der Waals surface area contributed by atoms with Crippen molar-refractivity contribution < 1.29 is 22.7 Å². The zero-order chi connectivity index (χ0) is 12.5. The average molecular weight is 312 g/mol. The standard InChI is InChI=1S/C8H7BrFNO4S/c1-11-16(14,15)6-3-4(9)2-5(7(6)10)8(12)13/h2-3,11H,1H3,(H,12,13). The highest BCUT2D eigenvalue weighted by atomic mass is 79.9. The highest BCUT2D eigenvalue weighted by molar-refractivity contribution is 9.10. The highest BCUT2D eigenvalue weighted by Gasteiger charge is 2.23. The molecule has 0 fully saturated rings. The zero-order valence-electron chi connectivity index (χ0n) is 7.99. The van der Waals surface area contributed by atoms with Gasteiger partial charge in [0.2, 0.25) is 10.0 Å². The Bertz CT molecular complexity index is 543. The lowest BCUT2D eigenvalue weighted by atomic mass is 10.2. The Kier molecular flexibility index (Phi) is 3.66. The Morgan fingerprint density at radius 3 is 2.50 bits per heavy atom. The molecule has 16 heavy (non-hydrogen) atoms. The van der Waals surface area contributed by atoms with Gasteiger partial charge in [0, 0.05) is 4.47 Å². The molecule has 0 aliphatic rings. The Morgan fingerprint density at radius 1 is 1.50 bits per heavy atom. The maximum Gasteiger partial charge on any atom is 0.338 e. The van der Waals surface area contributed by atoms with E-state index < -0.39 is 32.3 Å². The summed E-state index contributed by atoms with van der Waals surface area (Å²) in [5.74, 6) is -2.82. The van der Waals surface area contributed by atoms with Crippen LogP contribution in [0.1, 0.15) is 10.4 Å². The van der Waals surface area contributed by atoms with Crippen LogP contribution in [-0.2, 0) is 10.0 Å². The number of halogens is 2. The molecule has 5 nitrogen and oxygen atoms in total. The van der Waals surface area contributed by atoms with Crippen molar-refractivity contribution >= 4 is 31.9 Å². The van der Waals surface area contributed by atoms with Gasteiger partial charge in [-0.2, -0.15) is 0 Å². The topological polar surface area (TPSA) is 83.5 Å². The third-order valence-electron chi connectivity index (χ3n) is 1.79. The molecule has 0 amide bonds. The van der Waals surface area contributed by atoms with Crippen LogP contribution in [0.15, 0.2) is 21.5 Å². The maximum absolute atomic E-state index is 13.6. The number of hydrogen-bond acceptors (Lipinski definition) is 3. The average Bonchev–Trinajstić information content (AvgIpc) is 2.20. The molecule has 0 saturated heterocycles. The summed E-state index contributed by atoms with van der Waals surface area (Å²) >= 11 is 2.91. The van der Waals surface area contributed by atoms with Crippen molar-refractivity contribution in [3.05, 3.63) is 28.0 Å². The third kappa shape index (κ3) is 2.39. The maximum atomic E-state index is 13.6. The SMILES string of the molecule is CNS(=O)(=O)c1cc(Br)cc(C(=O)O)c1F. The summed E-state index contributed by atoms with van der Waals surface area (Å²) in [6.45, 7) is 0. The summed E-state index contributed by atoms with van der Waals surface area (Å²) in [7, 11) is -2.92. The van der Waals surface area contributed by atoms with Crippen molar-refractivity contribution in [2.45, 2.75) is 4.90 Å². The molecule has 0 bridgehead atoms. The normalized spacial score (nSPS) is 11.4. The van der Waals surface area contributed by atoms with E-state index in [4.69, 9.17) is 5.11 Å². The molecule has 0 radical (unpaired) electrons. The second kappa shape index (κ2) is 4.48. The zero-order valence-corrected chi connectivity index (χ0v) is 10.4. The van der Waals surface area contributed by atoms with Crippen LogP contribution in [0.4, 0.5) is 4.39 Å². The molecule has 88 valence electrons. The summed E-state index contributed by atoms with van der Waals surface area (Å²) in [5, 5.41) is 8.68. The number of aromatic carboxylic acids is 1. The number of sulfonamides is 1. The van der Waals surface area contributed by atoms with Gasteiger partial charge in [0.05, 0.1) is 5.56 Å². The van der Waals surface area contributed by atoms with Gasteiger partial charge >= 0.3 is 5.97 Å². The second-order valence-electron chi connectivity index (χ2n) is 2.78. The molecule has 1 aromatic carbocycles. The van der Waals surface area contributed by atoms with Crippen molar-refractivity contribution in [2.75, 3.05) is 7.05 Å². The van der Waals surface area contributed by atoms with Crippen LogP contribution in [0, 0.1) is 5.82 Å². The highest BCUT2D eigenvalue weighted by Crippen LogP contribution is 2.23. The predicted octanol–water partition coefficient (Wildman–Crippen LogP) is 1.19. The van der Waals surface area contributed by atoms with Crippen molar-refractivity contribution in [1.82, 2.24) is 4.72 Å². The largest absolute Gasteiger partial charge is 0.478 e. The number of nitrogens with one attached hydrogen (secondary N) is 1. The molecular weight excluding hydrogens is 305 g/mol. The molecule has 1 aromatic rings. The van der Waals surface area contributed by atoms with Crippen molar-refractivity contribution in [3.8, 4) is 0 Å². The molecule has 0 spiro atoms. The van der Waals surface area contributed by atoms with Crippen LogP contribution in [0.5, 0.6) is 0 Å². The fraction of sp³-hybridized carbons (Fsp3) is 0.125. The van der Waals surface area contributed by atoms with E-state index >= 15 is 0 Å². The smallest absolute Gasteiger partial charge is 0.338 e. The minimum absolute atomic E-state index is 0.167. The van der Waals surface area contributed by atoms with E-state index in [1.54, 1.807) is 0 Å². The predicted molar refractivity (Wildman–Crippen MR) is 57.3 cm³/mol. The van der Waals surface area contributed by atoms with E-state index in [9.17, 15) is 17.6 Å². The molecule has 0 saturated carbocycles. The van der Waals surface area contributed by atoms with Crippen molar-refractivity contribution in [3.63, 3.8) is 0 Å².